The standard InChI is InChI=1S/C9H10N4O3/c1-5-7-8(12(2)11-5)10-4-13(9(7)16)3-6(14)15/h4H,3H2,1-2H3,(H,14,15). The number of aromatic nitrogens is 4. The molecule has 0 saturated carbocycles. The third-order valence-electron chi connectivity index (χ3n) is 2.29. The number of carboxylic acids is 1. The first-order valence-electron chi connectivity index (χ1n) is 4.61. The third kappa shape index (κ3) is 1.46. The average Bonchev–Trinajstić information content (AvgIpc) is 2.46. The van der Waals surface area contributed by atoms with Crippen molar-refractivity contribution in [3.8, 4) is 0 Å². The molecule has 2 heterocycles. The van der Waals surface area contributed by atoms with Gasteiger partial charge in [0, 0.05) is 7.05 Å². The van der Waals surface area contributed by atoms with Crippen LogP contribution in [-0.4, -0.2) is 30.4 Å². The zero-order valence-corrected chi connectivity index (χ0v) is 8.84. The quantitative estimate of drug-likeness (QED) is 0.741. The second-order valence-electron chi connectivity index (χ2n) is 3.48. The number of aryl methyl sites for hydroxylation is 2. The Balaban J connectivity index is 2.74. The molecule has 2 aromatic heterocycles. The highest BCUT2D eigenvalue weighted by Gasteiger charge is 2.13. The molecule has 0 spiro atoms. The lowest BCUT2D eigenvalue weighted by molar-refractivity contribution is -0.137. The highest BCUT2D eigenvalue weighted by molar-refractivity contribution is 5.77. The Bertz CT molecular complexity index is 625. The summed E-state index contributed by atoms with van der Waals surface area (Å²) < 4.78 is 2.55. The van der Waals surface area contributed by atoms with Crippen molar-refractivity contribution in [3.63, 3.8) is 0 Å². The Labute approximate surface area is 89.9 Å². The summed E-state index contributed by atoms with van der Waals surface area (Å²) in [7, 11) is 1.68. The van der Waals surface area contributed by atoms with Gasteiger partial charge < -0.3 is 5.11 Å². The molecule has 0 aromatic carbocycles. The SMILES string of the molecule is Cc1nn(C)c2ncn(CC(=O)O)c(=O)c12. The van der Waals surface area contributed by atoms with Gasteiger partial charge in [0.2, 0.25) is 0 Å². The van der Waals surface area contributed by atoms with Crippen LogP contribution in [0, 0.1) is 6.92 Å². The number of hydrogen-bond acceptors (Lipinski definition) is 4. The van der Waals surface area contributed by atoms with Crippen molar-refractivity contribution in [2.45, 2.75) is 13.5 Å². The molecule has 2 rings (SSSR count). The van der Waals surface area contributed by atoms with Gasteiger partial charge in [-0.25, -0.2) is 9.67 Å². The smallest absolute Gasteiger partial charge is 0.323 e. The van der Waals surface area contributed by atoms with Crippen molar-refractivity contribution < 1.29 is 9.90 Å². The van der Waals surface area contributed by atoms with Gasteiger partial charge in [-0.1, -0.05) is 0 Å². The van der Waals surface area contributed by atoms with Crippen LogP contribution in [0.4, 0.5) is 0 Å². The molecule has 0 bridgehead atoms. The predicted octanol–water partition coefficient (Wildman–Crippen LogP) is -0.477. The van der Waals surface area contributed by atoms with E-state index < -0.39 is 12.5 Å². The van der Waals surface area contributed by atoms with Gasteiger partial charge in [-0.05, 0) is 6.92 Å². The minimum absolute atomic E-state index is 0.367. The van der Waals surface area contributed by atoms with E-state index in [9.17, 15) is 9.59 Å². The van der Waals surface area contributed by atoms with Gasteiger partial charge in [0.25, 0.3) is 5.56 Å². The summed E-state index contributed by atoms with van der Waals surface area (Å²) in [6.07, 6.45) is 1.22. The Morgan fingerprint density at radius 3 is 2.88 bits per heavy atom. The molecule has 7 nitrogen and oxygen atoms in total. The molecule has 0 radical (unpaired) electrons. The van der Waals surface area contributed by atoms with E-state index in [4.69, 9.17) is 5.11 Å². The van der Waals surface area contributed by atoms with Crippen molar-refractivity contribution in [1.29, 1.82) is 0 Å². The largest absolute Gasteiger partial charge is 0.480 e. The summed E-state index contributed by atoms with van der Waals surface area (Å²) in [6.45, 7) is 1.30. The first-order chi connectivity index (χ1) is 7.50. The first kappa shape index (κ1) is 10.3. The number of rotatable bonds is 2. The molecule has 84 valence electrons. The van der Waals surface area contributed by atoms with Gasteiger partial charge in [-0.2, -0.15) is 5.10 Å². The van der Waals surface area contributed by atoms with Crippen molar-refractivity contribution in [2.24, 2.45) is 7.05 Å². The molecular weight excluding hydrogens is 212 g/mol. The maximum absolute atomic E-state index is 11.9. The summed E-state index contributed by atoms with van der Waals surface area (Å²) in [6, 6.07) is 0. The van der Waals surface area contributed by atoms with Gasteiger partial charge in [0.15, 0.2) is 5.65 Å². The van der Waals surface area contributed by atoms with Gasteiger partial charge in [0.05, 0.1) is 5.69 Å². The van der Waals surface area contributed by atoms with E-state index in [2.05, 4.69) is 10.1 Å². The van der Waals surface area contributed by atoms with Gasteiger partial charge >= 0.3 is 5.97 Å². The fraction of sp³-hybridized carbons (Fsp3) is 0.333. The van der Waals surface area contributed by atoms with Gasteiger partial charge in [-0.3, -0.25) is 14.2 Å². The second-order valence-corrected chi connectivity index (χ2v) is 3.48. The van der Waals surface area contributed by atoms with Gasteiger partial charge in [-0.15, -0.1) is 0 Å². The molecule has 0 fully saturated rings. The minimum atomic E-state index is -1.08. The number of carboxylic acid groups (broad SMARTS) is 1. The van der Waals surface area contributed by atoms with Crippen LogP contribution in [0.2, 0.25) is 0 Å². The Hall–Kier alpha value is -2.18. The van der Waals surface area contributed by atoms with Crippen molar-refractivity contribution in [2.75, 3.05) is 0 Å². The Kier molecular flexibility index (Phi) is 2.22. The zero-order valence-electron chi connectivity index (χ0n) is 8.84. The lowest BCUT2D eigenvalue weighted by atomic mass is 10.3. The molecule has 1 N–H and O–H groups in total. The minimum Gasteiger partial charge on any atom is -0.480 e. The van der Waals surface area contributed by atoms with Crippen LogP contribution in [-0.2, 0) is 18.4 Å². The van der Waals surface area contributed by atoms with E-state index >= 15 is 0 Å². The average molecular weight is 222 g/mol. The van der Waals surface area contributed by atoms with E-state index in [0.29, 0.717) is 16.7 Å². The summed E-state index contributed by atoms with van der Waals surface area (Å²) in [5.74, 6) is -1.08. The van der Waals surface area contributed by atoms with Gasteiger partial charge in [0.1, 0.15) is 18.3 Å². The Morgan fingerprint density at radius 1 is 1.56 bits per heavy atom. The van der Waals surface area contributed by atoms with Crippen molar-refractivity contribution in [1.82, 2.24) is 19.3 Å². The number of aliphatic carboxylic acids is 1. The molecule has 16 heavy (non-hydrogen) atoms. The van der Waals surface area contributed by atoms with Crippen LogP contribution in [0.15, 0.2) is 11.1 Å². The molecular formula is C9H10N4O3. The number of carbonyl (C=O) groups is 1. The first-order valence-corrected chi connectivity index (χ1v) is 4.61. The molecule has 0 unspecified atom stereocenters. The molecule has 7 heteroatoms. The molecule has 0 aliphatic rings. The van der Waals surface area contributed by atoms with Crippen LogP contribution in [0.1, 0.15) is 5.69 Å². The lowest BCUT2D eigenvalue weighted by Gasteiger charge is -2.01. The van der Waals surface area contributed by atoms with Crippen molar-refractivity contribution >= 4 is 17.0 Å². The Morgan fingerprint density at radius 2 is 2.25 bits per heavy atom. The van der Waals surface area contributed by atoms with Crippen LogP contribution in [0.3, 0.4) is 0 Å². The number of nitrogens with zero attached hydrogens (tertiary/aromatic N) is 4. The van der Waals surface area contributed by atoms with E-state index in [-0.39, 0.29) is 5.56 Å². The number of hydrogen-bond donors (Lipinski definition) is 1. The van der Waals surface area contributed by atoms with Crippen LogP contribution in [0.5, 0.6) is 0 Å². The predicted molar refractivity (Wildman–Crippen MR) is 55.1 cm³/mol. The van der Waals surface area contributed by atoms with E-state index in [1.54, 1.807) is 14.0 Å². The van der Waals surface area contributed by atoms with E-state index in [1.807, 2.05) is 0 Å². The highest BCUT2D eigenvalue weighted by Crippen LogP contribution is 2.09. The molecule has 0 atom stereocenters. The zero-order chi connectivity index (χ0) is 11.9. The normalized spacial score (nSPS) is 10.9. The summed E-state index contributed by atoms with van der Waals surface area (Å²) in [5, 5.41) is 13.1. The van der Waals surface area contributed by atoms with Crippen LogP contribution in [0.25, 0.3) is 11.0 Å². The fourth-order valence-electron chi connectivity index (χ4n) is 1.62. The van der Waals surface area contributed by atoms with E-state index in [1.165, 1.54) is 11.0 Å². The monoisotopic (exact) mass is 222 g/mol. The summed E-state index contributed by atoms with van der Waals surface area (Å²) in [5.41, 5.74) is 0.636. The van der Waals surface area contributed by atoms with Crippen LogP contribution >= 0.6 is 0 Å². The maximum atomic E-state index is 11.9. The number of fused-ring (bicyclic) bond motifs is 1. The second kappa shape index (κ2) is 3.44. The fourth-order valence-corrected chi connectivity index (χ4v) is 1.62. The molecule has 2 aromatic rings. The van der Waals surface area contributed by atoms with Crippen molar-refractivity contribution in [3.05, 3.63) is 22.4 Å². The highest BCUT2D eigenvalue weighted by atomic mass is 16.4. The van der Waals surface area contributed by atoms with Crippen LogP contribution < -0.4 is 5.56 Å². The molecule has 0 saturated heterocycles. The topological polar surface area (TPSA) is 90.0 Å². The lowest BCUT2D eigenvalue weighted by Crippen LogP contribution is -2.24. The molecule has 0 amide bonds. The summed E-state index contributed by atoms with van der Waals surface area (Å²) in [4.78, 5) is 26.5. The third-order valence-corrected chi connectivity index (χ3v) is 2.29. The molecule has 0 aliphatic carbocycles. The molecule has 0 aliphatic heterocycles. The maximum Gasteiger partial charge on any atom is 0.323 e. The summed E-state index contributed by atoms with van der Waals surface area (Å²) >= 11 is 0. The van der Waals surface area contributed by atoms with E-state index in [0.717, 1.165) is 4.57 Å².